The van der Waals surface area contributed by atoms with E-state index in [4.69, 9.17) is 9.05 Å². The Labute approximate surface area is 581 Å². The average molecular weight is 1330 g/mol. The molecule has 0 aromatic heterocycles. The van der Waals surface area contributed by atoms with Crippen molar-refractivity contribution >= 4 is 13.7 Å². The summed E-state index contributed by atoms with van der Waals surface area (Å²) in [7, 11) is 1.33. The number of allylic oxidation sites excluding steroid dienone is 8. The van der Waals surface area contributed by atoms with Crippen molar-refractivity contribution in [2.75, 3.05) is 40.9 Å². The minimum Gasteiger partial charge on any atom is -0.756 e. The first-order valence-electron chi connectivity index (χ1n) is 41.5. The molecule has 0 fully saturated rings. The Hall–Kier alpha value is -1.54. The van der Waals surface area contributed by atoms with Gasteiger partial charge in [0.15, 0.2) is 0 Å². The third-order valence-electron chi connectivity index (χ3n) is 19.3. The number of nitrogens with zero attached hydrogens (tertiary/aromatic N) is 1. The number of aliphatic hydroxyl groups is 1. The van der Waals surface area contributed by atoms with Gasteiger partial charge in [-0.25, -0.2) is 0 Å². The average Bonchev–Trinajstić information content (AvgIpc) is 1.94. The van der Waals surface area contributed by atoms with Gasteiger partial charge in [-0.3, -0.25) is 9.36 Å². The lowest BCUT2D eigenvalue weighted by atomic mass is 10.0. The number of hydrogen-bond acceptors (Lipinski definition) is 6. The predicted octanol–water partition coefficient (Wildman–Crippen LogP) is 26.7. The predicted molar refractivity (Wildman–Crippen MR) is 408 cm³/mol. The first kappa shape index (κ1) is 91.5. The summed E-state index contributed by atoms with van der Waals surface area (Å²) >= 11 is 0. The Bertz CT molecular complexity index is 1660. The minimum absolute atomic E-state index is 0.0149. The normalized spacial score (nSPS) is 13.7. The number of phosphoric acid groups is 1. The molecule has 0 spiro atoms. The Morgan fingerprint density at radius 3 is 0.957 bits per heavy atom. The van der Waals surface area contributed by atoms with Crippen molar-refractivity contribution in [2.24, 2.45) is 0 Å². The van der Waals surface area contributed by atoms with Crippen LogP contribution in [0.2, 0.25) is 0 Å². The summed E-state index contributed by atoms with van der Waals surface area (Å²) in [4.78, 5) is 25.8. The summed E-state index contributed by atoms with van der Waals surface area (Å²) in [6.07, 6.45) is 103. The molecular weight excluding hydrogens is 1160 g/mol. The van der Waals surface area contributed by atoms with Crippen LogP contribution in [0.1, 0.15) is 431 Å². The largest absolute Gasteiger partial charge is 0.756 e. The van der Waals surface area contributed by atoms with Crippen LogP contribution >= 0.6 is 7.82 Å². The summed E-state index contributed by atoms with van der Waals surface area (Å²) in [5.41, 5.74) is 0. The van der Waals surface area contributed by atoms with Gasteiger partial charge in [-0.1, -0.05) is 422 Å². The number of carbonyl (C=O) groups excluding carboxylic acids is 1. The quantitative estimate of drug-likeness (QED) is 0.0272. The molecule has 3 atom stereocenters. The number of likely N-dealkylation sites (N-methyl/N-ethyl adjacent to an activating group) is 1. The van der Waals surface area contributed by atoms with Crippen LogP contribution in [0.5, 0.6) is 0 Å². The van der Waals surface area contributed by atoms with Gasteiger partial charge in [-0.15, -0.1) is 0 Å². The van der Waals surface area contributed by atoms with Gasteiger partial charge in [0.05, 0.1) is 39.9 Å². The molecule has 8 nitrogen and oxygen atoms in total. The van der Waals surface area contributed by atoms with Crippen LogP contribution in [0.3, 0.4) is 0 Å². The summed E-state index contributed by atoms with van der Waals surface area (Å²) in [6, 6.07) is -0.801. The van der Waals surface area contributed by atoms with Crippen molar-refractivity contribution in [1.82, 2.24) is 5.32 Å². The molecule has 0 radical (unpaired) electrons. The zero-order chi connectivity index (χ0) is 67.6. The first-order chi connectivity index (χ1) is 45.5. The first-order valence-corrected chi connectivity index (χ1v) is 42.9. The second-order valence-electron chi connectivity index (χ2n) is 29.8. The molecule has 550 valence electrons. The van der Waals surface area contributed by atoms with E-state index in [9.17, 15) is 19.4 Å². The molecule has 93 heavy (non-hydrogen) atoms. The molecule has 0 aromatic carbocycles. The van der Waals surface area contributed by atoms with Crippen molar-refractivity contribution in [3.05, 3.63) is 48.6 Å². The van der Waals surface area contributed by atoms with E-state index >= 15 is 0 Å². The van der Waals surface area contributed by atoms with Gasteiger partial charge < -0.3 is 28.8 Å². The number of amides is 1. The number of quaternary nitrogens is 1. The number of carbonyl (C=O) groups is 1. The van der Waals surface area contributed by atoms with E-state index in [1.54, 1.807) is 0 Å². The SMILES string of the molecule is CC/C=C\C/C=C\C/C=C\C/C=C\CCCCCCCCCCCCCCCCCCCCCCCCCCCCC(=O)NC(COP(=O)([O-])OCC[N+](C)(C)C)C(O)CCCCCCCCCCCCCCCCCCCCCCCCCCCCCCCCCC. The molecule has 0 aromatic rings. The van der Waals surface area contributed by atoms with E-state index in [0.29, 0.717) is 23.9 Å². The van der Waals surface area contributed by atoms with E-state index in [2.05, 4.69) is 67.8 Å². The van der Waals surface area contributed by atoms with E-state index in [1.165, 1.54) is 340 Å². The maximum Gasteiger partial charge on any atom is 0.268 e. The Balaban J connectivity index is 3.88. The highest BCUT2D eigenvalue weighted by Crippen LogP contribution is 2.38. The van der Waals surface area contributed by atoms with Crippen molar-refractivity contribution in [3.8, 4) is 0 Å². The van der Waals surface area contributed by atoms with Gasteiger partial charge in [0.2, 0.25) is 5.91 Å². The highest BCUT2D eigenvalue weighted by atomic mass is 31.2. The number of rotatable bonds is 78. The maximum absolute atomic E-state index is 13.1. The second kappa shape index (κ2) is 74.7. The van der Waals surface area contributed by atoms with Crippen LogP contribution in [0, 0.1) is 0 Å². The van der Waals surface area contributed by atoms with Crippen LogP contribution in [-0.4, -0.2) is 68.5 Å². The number of nitrogens with one attached hydrogen (secondary N) is 1. The lowest BCUT2D eigenvalue weighted by Crippen LogP contribution is -2.46. The molecule has 0 aliphatic rings. The van der Waals surface area contributed by atoms with Gasteiger partial charge in [0.25, 0.3) is 7.82 Å². The van der Waals surface area contributed by atoms with E-state index in [0.717, 1.165) is 64.2 Å². The zero-order valence-electron chi connectivity index (χ0n) is 63.2. The molecule has 0 saturated carbocycles. The van der Waals surface area contributed by atoms with Crippen molar-refractivity contribution in [1.29, 1.82) is 0 Å². The van der Waals surface area contributed by atoms with Crippen LogP contribution in [0.25, 0.3) is 0 Å². The molecule has 0 heterocycles. The number of unbranched alkanes of at least 4 members (excludes halogenated alkanes) is 57. The van der Waals surface area contributed by atoms with Gasteiger partial charge >= 0.3 is 0 Å². The summed E-state index contributed by atoms with van der Waals surface area (Å²) in [5.74, 6) is -0.154. The molecule has 0 saturated heterocycles. The maximum atomic E-state index is 13.1. The van der Waals surface area contributed by atoms with Gasteiger partial charge in [-0.2, -0.15) is 0 Å². The molecule has 0 rings (SSSR count). The van der Waals surface area contributed by atoms with Gasteiger partial charge in [0.1, 0.15) is 13.2 Å². The third kappa shape index (κ3) is 77.7. The highest BCUT2D eigenvalue weighted by molar-refractivity contribution is 7.45. The molecule has 9 heteroatoms. The van der Waals surface area contributed by atoms with Crippen molar-refractivity contribution < 1.29 is 32.9 Å². The zero-order valence-corrected chi connectivity index (χ0v) is 64.1. The monoisotopic (exact) mass is 1330 g/mol. The fourth-order valence-electron chi connectivity index (χ4n) is 13.0. The number of phosphoric ester groups is 1. The van der Waals surface area contributed by atoms with E-state index in [-0.39, 0.29) is 19.1 Å². The molecular formula is C84H163N2O6P. The summed E-state index contributed by atoms with van der Waals surface area (Å²) in [6.45, 7) is 4.68. The minimum atomic E-state index is -4.58. The fourth-order valence-corrected chi connectivity index (χ4v) is 13.7. The Morgan fingerprint density at radius 1 is 0.387 bits per heavy atom. The second-order valence-corrected chi connectivity index (χ2v) is 31.2. The fraction of sp³-hybridized carbons (Fsp3) is 0.893. The molecule has 1 amide bonds. The lowest BCUT2D eigenvalue weighted by molar-refractivity contribution is -0.870. The molecule has 2 N–H and O–H groups in total. The van der Waals surface area contributed by atoms with E-state index < -0.39 is 20.0 Å². The van der Waals surface area contributed by atoms with E-state index in [1.807, 2.05) is 21.1 Å². The lowest BCUT2D eigenvalue weighted by Gasteiger charge is -2.30. The van der Waals surface area contributed by atoms with Crippen LogP contribution in [0.15, 0.2) is 48.6 Å². The van der Waals surface area contributed by atoms with Gasteiger partial charge in [-0.05, 0) is 51.4 Å². The van der Waals surface area contributed by atoms with Gasteiger partial charge in [0, 0.05) is 6.42 Å². The molecule has 3 unspecified atom stereocenters. The summed E-state index contributed by atoms with van der Waals surface area (Å²) < 4.78 is 23.6. The highest BCUT2D eigenvalue weighted by Gasteiger charge is 2.24. The van der Waals surface area contributed by atoms with Crippen LogP contribution in [0.4, 0.5) is 0 Å². The standard InChI is InChI=1S/C84H163N2O6P/c1-6-8-10-12-14-16-18-20-22-24-26-28-30-32-34-36-38-40-41-42-43-44-45-46-48-50-52-54-56-58-60-62-64-66-68-70-72-74-76-78-84(88)85-82(81-92-93(89,90)91-80-79-86(3,4)5)83(87)77-75-73-71-69-67-65-63-61-59-57-55-53-51-49-47-39-37-35-33-31-29-27-25-23-21-19-17-15-13-11-9-7-2/h8,10,14,16,20,22,26,28,82-83,87H,6-7,9,11-13,15,17-19,21,23-25,27,29-81H2,1-5H3,(H-,85,88,89,90)/b10-8-,16-14-,22-20-,28-26-. The van der Waals surface area contributed by atoms with Crippen LogP contribution < -0.4 is 10.2 Å². The number of hydrogen-bond donors (Lipinski definition) is 2. The van der Waals surface area contributed by atoms with Crippen LogP contribution in [-0.2, 0) is 18.4 Å². The molecule has 0 aliphatic heterocycles. The third-order valence-corrected chi connectivity index (χ3v) is 20.3. The number of aliphatic hydroxyl groups excluding tert-OH is 1. The smallest absolute Gasteiger partial charge is 0.268 e. The molecule has 0 aliphatic carbocycles. The molecule has 0 bridgehead atoms. The Morgan fingerprint density at radius 2 is 0.656 bits per heavy atom. The topological polar surface area (TPSA) is 108 Å². The Kier molecular flexibility index (Phi) is 73.4. The van der Waals surface area contributed by atoms with Crippen molar-refractivity contribution in [3.63, 3.8) is 0 Å². The van der Waals surface area contributed by atoms with Crippen molar-refractivity contribution in [2.45, 2.75) is 443 Å². The summed E-state index contributed by atoms with van der Waals surface area (Å²) in [5, 5.41) is 14.2.